The minimum absolute atomic E-state index is 0.0266. The van der Waals surface area contributed by atoms with Gasteiger partial charge in [0.05, 0.1) is 5.69 Å². The summed E-state index contributed by atoms with van der Waals surface area (Å²) in [5, 5.41) is 0. The Bertz CT molecular complexity index is 685. The van der Waals surface area contributed by atoms with Crippen LogP contribution in [0.25, 0.3) is 0 Å². The average molecular weight is 339 g/mol. The fourth-order valence-corrected chi connectivity index (χ4v) is 3.22. The van der Waals surface area contributed by atoms with Gasteiger partial charge >= 0.3 is 0 Å². The SMILES string of the molecule is CO[C@](C)(C(=O)N1CCN(Cc2ccccn2)CC1)c1ccccc1. The molecule has 132 valence electrons. The summed E-state index contributed by atoms with van der Waals surface area (Å²) in [6, 6.07) is 15.7. The fraction of sp³-hybridized carbons (Fsp3) is 0.400. The molecule has 1 aliphatic heterocycles. The lowest BCUT2D eigenvalue weighted by molar-refractivity contribution is -0.156. The number of ether oxygens (including phenoxy) is 1. The van der Waals surface area contributed by atoms with E-state index in [-0.39, 0.29) is 5.91 Å². The Kier molecular flexibility index (Phi) is 5.46. The quantitative estimate of drug-likeness (QED) is 0.838. The first-order valence-electron chi connectivity index (χ1n) is 8.66. The lowest BCUT2D eigenvalue weighted by atomic mass is 9.93. The van der Waals surface area contributed by atoms with Crippen molar-refractivity contribution in [3.63, 3.8) is 0 Å². The van der Waals surface area contributed by atoms with E-state index in [1.165, 1.54) is 0 Å². The van der Waals surface area contributed by atoms with Gasteiger partial charge in [0.2, 0.25) is 0 Å². The molecule has 2 aromatic rings. The molecule has 1 aliphatic rings. The minimum Gasteiger partial charge on any atom is -0.364 e. The first-order valence-corrected chi connectivity index (χ1v) is 8.66. The summed E-state index contributed by atoms with van der Waals surface area (Å²) >= 11 is 0. The molecule has 1 aromatic heterocycles. The van der Waals surface area contributed by atoms with Crippen molar-refractivity contribution in [2.75, 3.05) is 33.3 Å². The van der Waals surface area contributed by atoms with E-state index in [1.807, 2.05) is 66.6 Å². The smallest absolute Gasteiger partial charge is 0.259 e. The van der Waals surface area contributed by atoms with Crippen LogP contribution < -0.4 is 0 Å². The lowest BCUT2D eigenvalue weighted by Crippen LogP contribution is -2.54. The number of carbonyl (C=O) groups excluding carboxylic acids is 1. The number of hydrogen-bond acceptors (Lipinski definition) is 4. The molecule has 0 N–H and O–H groups in total. The second-order valence-corrected chi connectivity index (χ2v) is 6.49. The maximum atomic E-state index is 13.1. The summed E-state index contributed by atoms with van der Waals surface area (Å²) < 4.78 is 5.65. The number of nitrogens with zero attached hydrogens (tertiary/aromatic N) is 3. The molecule has 0 unspecified atom stereocenters. The Morgan fingerprint density at radius 1 is 1.08 bits per heavy atom. The summed E-state index contributed by atoms with van der Waals surface area (Å²) in [5.74, 6) is 0.0266. The molecule has 1 atom stereocenters. The van der Waals surface area contributed by atoms with E-state index in [9.17, 15) is 4.79 Å². The molecule has 1 fully saturated rings. The Morgan fingerprint density at radius 3 is 2.36 bits per heavy atom. The van der Waals surface area contributed by atoms with Gasteiger partial charge in [-0.05, 0) is 24.6 Å². The molecule has 3 rings (SSSR count). The Hall–Kier alpha value is -2.24. The molecule has 5 heteroatoms. The summed E-state index contributed by atoms with van der Waals surface area (Å²) in [6.45, 7) is 5.77. The maximum Gasteiger partial charge on any atom is 0.259 e. The number of piperazine rings is 1. The number of pyridine rings is 1. The third-order valence-corrected chi connectivity index (χ3v) is 4.91. The van der Waals surface area contributed by atoms with Crippen LogP contribution in [0.5, 0.6) is 0 Å². The second kappa shape index (κ2) is 7.76. The first kappa shape index (κ1) is 17.6. The molecule has 1 amide bonds. The van der Waals surface area contributed by atoms with Crippen LogP contribution in [0.15, 0.2) is 54.7 Å². The van der Waals surface area contributed by atoms with Crippen molar-refractivity contribution in [2.45, 2.75) is 19.1 Å². The third-order valence-electron chi connectivity index (χ3n) is 4.91. The van der Waals surface area contributed by atoms with Crippen LogP contribution >= 0.6 is 0 Å². The zero-order valence-electron chi connectivity index (χ0n) is 14.9. The van der Waals surface area contributed by atoms with E-state index in [2.05, 4.69) is 9.88 Å². The third kappa shape index (κ3) is 3.89. The second-order valence-electron chi connectivity index (χ2n) is 6.49. The van der Waals surface area contributed by atoms with Gasteiger partial charge in [-0.15, -0.1) is 0 Å². The van der Waals surface area contributed by atoms with Gasteiger partial charge in [-0.25, -0.2) is 0 Å². The van der Waals surface area contributed by atoms with Gasteiger partial charge in [0.15, 0.2) is 5.60 Å². The fourth-order valence-electron chi connectivity index (χ4n) is 3.22. The largest absolute Gasteiger partial charge is 0.364 e. The normalized spacial score (nSPS) is 17.9. The van der Waals surface area contributed by atoms with Gasteiger partial charge in [-0.3, -0.25) is 14.7 Å². The summed E-state index contributed by atoms with van der Waals surface area (Å²) in [6.07, 6.45) is 1.82. The number of carbonyl (C=O) groups is 1. The molecule has 0 saturated carbocycles. The van der Waals surface area contributed by atoms with E-state index in [0.29, 0.717) is 13.1 Å². The number of rotatable bonds is 5. The zero-order chi connectivity index (χ0) is 17.7. The molecule has 0 spiro atoms. The molecule has 0 aliphatic carbocycles. The molecular formula is C20H25N3O2. The van der Waals surface area contributed by atoms with E-state index < -0.39 is 5.60 Å². The molecule has 0 radical (unpaired) electrons. The molecule has 25 heavy (non-hydrogen) atoms. The van der Waals surface area contributed by atoms with Crippen LogP contribution in [0, 0.1) is 0 Å². The molecule has 0 bridgehead atoms. The molecule has 1 aromatic carbocycles. The molecule has 5 nitrogen and oxygen atoms in total. The standard InChI is InChI=1S/C20H25N3O2/c1-20(25-2,17-8-4-3-5-9-17)19(24)23-14-12-22(13-15-23)16-18-10-6-7-11-21-18/h3-11H,12-16H2,1-2H3/t20-/m0/s1. The van der Waals surface area contributed by atoms with Crippen molar-refractivity contribution in [3.8, 4) is 0 Å². The highest BCUT2D eigenvalue weighted by Gasteiger charge is 2.39. The summed E-state index contributed by atoms with van der Waals surface area (Å²) in [4.78, 5) is 21.7. The van der Waals surface area contributed by atoms with Gasteiger partial charge < -0.3 is 9.64 Å². The Morgan fingerprint density at radius 2 is 1.76 bits per heavy atom. The van der Waals surface area contributed by atoms with Crippen LogP contribution in [-0.4, -0.2) is 54.0 Å². The number of benzene rings is 1. The average Bonchev–Trinajstić information content (AvgIpc) is 2.69. The van der Waals surface area contributed by atoms with Crippen LogP contribution in [0.2, 0.25) is 0 Å². The zero-order valence-corrected chi connectivity index (χ0v) is 14.9. The van der Waals surface area contributed by atoms with Crippen molar-refractivity contribution in [3.05, 3.63) is 66.0 Å². The number of aromatic nitrogens is 1. The van der Waals surface area contributed by atoms with Crippen LogP contribution in [-0.2, 0) is 21.7 Å². The van der Waals surface area contributed by atoms with E-state index >= 15 is 0 Å². The van der Waals surface area contributed by atoms with E-state index in [0.717, 1.165) is 30.9 Å². The maximum absolute atomic E-state index is 13.1. The van der Waals surface area contributed by atoms with Gasteiger partial charge in [0.1, 0.15) is 0 Å². The van der Waals surface area contributed by atoms with Crippen molar-refractivity contribution >= 4 is 5.91 Å². The Labute approximate surface area is 149 Å². The highest BCUT2D eigenvalue weighted by Crippen LogP contribution is 2.27. The molecule has 2 heterocycles. The van der Waals surface area contributed by atoms with Crippen LogP contribution in [0.3, 0.4) is 0 Å². The van der Waals surface area contributed by atoms with Crippen molar-refractivity contribution in [1.29, 1.82) is 0 Å². The van der Waals surface area contributed by atoms with Gasteiger partial charge in [0, 0.05) is 46.0 Å². The van der Waals surface area contributed by atoms with Crippen LogP contribution in [0.1, 0.15) is 18.2 Å². The van der Waals surface area contributed by atoms with E-state index in [1.54, 1.807) is 7.11 Å². The molecular weight excluding hydrogens is 314 g/mol. The number of hydrogen-bond donors (Lipinski definition) is 0. The number of amides is 1. The number of methoxy groups -OCH3 is 1. The monoisotopic (exact) mass is 339 g/mol. The Balaban J connectivity index is 1.63. The minimum atomic E-state index is -0.940. The predicted octanol–water partition coefficient (Wildman–Crippen LogP) is 2.29. The summed E-state index contributed by atoms with van der Waals surface area (Å²) in [5.41, 5.74) is 1.01. The van der Waals surface area contributed by atoms with E-state index in [4.69, 9.17) is 4.74 Å². The topological polar surface area (TPSA) is 45.7 Å². The van der Waals surface area contributed by atoms with Gasteiger partial charge in [-0.1, -0.05) is 36.4 Å². The first-order chi connectivity index (χ1) is 12.1. The highest BCUT2D eigenvalue weighted by atomic mass is 16.5. The highest BCUT2D eigenvalue weighted by molar-refractivity contribution is 5.86. The molecule has 1 saturated heterocycles. The van der Waals surface area contributed by atoms with Gasteiger partial charge in [-0.2, -0.15) is 0 Å². The van der Waals surface area contributed by atoms with Crippen molar-refractivity contribution in [2.24, 2.45) is 0 Å². The summed E-state index contributed by atoms with van der Waals surface area (Å²) in [7, 11) is 1.60. The predicted molar refractivity (Wildman–Crippen MR) is 96.9 cm³/mol. The van der Waals surface area contributed by atoms with Crippen LogP contribution in [0.4, 0.5) is 0 Å². The van der Waals surface area contributed by atoms with Crippen molar-refractivity contribution < 1.29 is 9.53 Å². The van der Waals surface area contributed by atoms with Crippen molar-refractivity contribution in [1.82, 2.24) is 14.8 Å². The van der Waals surface area contributed by atoms with Gasteiger partial charge in [0.25, 0.3) is 5.91 Å². The lowest BCUT2D eigenvalue weighted by Gasteiger charge is -2.39.